The fourth-order valence-electron chi connectivity index (χ4n) is 3.25. The maximum Gasteiger partial charge on any atom is 0.257 e. The summed E-state index contributed by atoms with van der Waals surface area (Å²) in [5, 5.41) is 8.40. The Bertz CT molecular complexity index is 1050. The van der Waals surface area contributed by atoms with E-state index in [1.165, 1.54) is 0 Å². The molecule has 7 nitrogen and oxygen atoms in total. The molecule has 4 rings (SSSR count). The number of sulfonamides is 1. The Balaban J connectivity index is 1.75. The van der Waals surface area contributed by atoms with Gasteiger partial charge in [-0.25, -0.2) is 13.1 Å². The number of anilines is 2. The van der Waals surface area contributed by atoms with Crippen molar-refractivity contribution >= 4 is 33.5 Å². The van der Waals surface area contributed by atoms with Crippen molar-refractivity contribution in [2.75, 3.05) is 16.3 Å². The molecule has 2 heterocycles. The average Bonchev–Trinajstić information content (AvgIpc) is 3.02. The van der Waals surface area contributed by atoms with Gasteiger partial charge < -0.3 is 5.32 Å². The highest BCUT2D eigenvalue weighted by Gasteiger charge is 2.31. The van der Waals surface area contributed by atoms with Crippen LogP contribution < -0.4 is 10.0 Å². The summed E-state index contributed by atoms with van der Waals surface area (Å²) in [5.74, 6) is 0.568. The van der Waals surface area contributed by atoms with Crippen molar-refractivity contribution < 1.29 is 8.42 Å². The minimum absolute atomic E-state index is 0.00439. The van der Waals surface area contributed by atoms with Gasteiger partial charge in [-0.1, -0.05) is 54.1 Å². The molecule has 2 N–H and O–H groups in total. The summed E-state index contributed by atoms with van der Waals surface area (Å²) in [6.07, 6.45) is 1.81. The summed E-state index contributed by atoms with van der Waals surface area (Å²) in [5.41, 5.74) is 2.15. The van der Waals surface area contributed by atoms with Crippen molar-refractivity contribution in [2.24, 2.45) is 0 Å². The normalized spacial score (nSPS) is 19.2. The highest BCUT2D eigenvalue weighted by atomic mass is 35.5. The lowest BCUT2D eigenvalue weighted by molar-refractivity contribution is 0.431. The molecule has 2 atom stereocenters. The molecule has 2 aromatic carbocycles. The monoisotopic (exact) mass is 403 g/mol. The number of aromatic nitrogens is 3. The van der Waals surface area contributed by atoms with E-state index in [0.29, 0.717) is 11.0 Å². The first-order valence-electron chi connectivity index (χ1n) is 8.40. The van der Waals surface area contributed by atoms with Crippen LogP contribution in [0.5, 0.6) is 0 Å². The van der Waals surface area contributed by atoms with Crippen molar-refractivity contribution in [3.05, 3.63) is 70.7 Å². The van der Waals surface area contributed by atoms with E-state index in [0.717, 1.165) is 23.8 Å². The van der Waals surface area contributed by atoms with Gasteiger partial charge in [0.1, 0.15) is 0 Å². The predicted molar refractivity (Wildman–Crippen MR) is 106 cm³/mol. The third-order valence-corrected chi connectivity index (χ3v) is 5.23. The predicted octanol–water partition coefficient (Wildman–Crippen LogP) is 3.45. The molecule has 0 saturated heterocycles. The van der Waals surface area contributed by atoms with Crippen molar-refractivity contribution in [2.45, 2.75) is 18.5 Å². The second-order valence-corrected chi connectivity index (χ2v) is 8.67. The van der Waals surface area contributed by atoms with E-state index < -0.39 is 10.0 Å². The quantitative estimate of drug-likeness (QED) is 0.696. The summed E-state index contributed by atoms with van der Waals surface area (Å²) in [4.78, 5) is 4.33. The summed E-state index contributed by atoms with van der Waals surface area (Å²) >= 11 is 6.01. The van der Waals surface area contributed by atoms with Gasteiger partial charge in [0.15, 0.2) is 0 Å². The van der Waals surface area contributed by atoms with E-state index in [-0.39, 0.29) is 18.0 Å². The van der Waals surface area contributed by atoms with Gasteiger partial charge in [0.25, 0.3) is 5.95 Å². The molecule has 0 bridgehead atoms. The third kappa shape index (κ3) is 3.91. The van der Waals surface area contributed by atoms with Crippen LogP contribution in [0.4, 0.5) is 11.9 Å². The standard InChI is InChI=1S/C18H18ClN5O2S/c1-27(25,26)23-17-21-18-20-15(12-7-9-14(19)10-8-12)11-16(24(18)22-17)13-5-3-2-4-6-13/h2-10,15-16H,11H2,1H3,(H2,20,21,22,23)/t15-,16+/m1/s1. The van der Waals surface area contributed by atoms with Gasteiger partial charge in [-0.15, -0.1) is 5.10 Å². The number of fused-ring (bicyclic) bond motifs is 1. The zero-order valence-corrected chi connectivity index (χ0v) is 16.1. The summed E-state index contributed by atoms with van der Waals surface area (Å²) < 4.78 is 27.2. The second kappa shape index (κ2) is 6.86. The number of rotatable bonds is 4. The highest BCUT2D eigenvalue weighted by molar-refractivity contribution is 7.91. The van der Waals surface area contributed by atoms with Gasteiger partial charge in [-0.2, -0.15) is 4.98 Å². The van der Waals surface area contributed by atoms with Crippen LogP contribution in [-0.2, 0) is 10.0 Å². The Morgan fingerprint density at radius 2 is 1.81 bits per heavy atom. The van der Waals surface area contributed by atoms with Crippen LogP contribution >= 0.6 is 11.6 Å². The van der Waals surface area contributed by atoms with E-state index in [9.17, 15) is 8.42 Å². The average molecular weight is 404 g/mol. The lowest BCUT2D eigenvalue weighted by Gasteiger charge is -2.31. The number of hydrogen-bond acceptors (Lipinski definition) is 5. The van der Waals surface area contributed by atoms with Crippen LogP contribution in [0.1, 0.15) is 29.6 Å². The third-order valence-electron chi connectivity index (χ3n) is 4.42. The van der Waals surface area contributed by atoms with E-state index in [1.807, 2.05) is 54.6 Å². The number of nitrogens with zero attached hydrogens (tertiary/aromatic N) is 3. The molecule has 9 heteroatoms. The maximum absolute atomic E-state index is 11.5. The van der Waals surface area contributed by atoms with Crippen LogP contribution in [0, 0.1) is 0 Å². The molecule has 0 spiro atoms. The van der Waals surface area contributed by atoms with Crippen molar-refractivity contribution in [3.63, 3.8) is 0 Å². The Kier molecular flexibility index (Phi) is 4.53. The van der Waals surface area contributed by atoms with E-state index in [4.69, 9.17) is 11.6 Å². The molecule has 0 fully saturated rings. The molecular formula is C18H18ClN5O2S. The molecule has 1 aliphatic heterocycles. The van der Waals surface area contributed by atoms with Crippen molar-refractivity contribution in [1.82, 2.24) is 14.8 Å². The van der Waals surface area contributed by atoms with Gasteiger partial charge in [-0.3, -0.25) is 4.72 Å². The molecule has 27 heavy (non-hydrogen) atoms. The first-order valence-corrected chi connectivity index (χ1v) is 10.7. The topological polar surface area (TPSA) is 88.9 Å². The summed E-state index contributed by atoms with van der Waals surface area (Å²) in [6.45, 7) is 0. The molecule has 140 valence electrons. The SMILES string of the molecule is CS(=O)(=O)Nc1nc2n(n1)[C@H](c1ccccc1)C[C@H](c1ccc(Cl)cc1)N2. The first-order chi connectivity index (χ1) is 12.9. The van der Waals surface area contributed by atoms with Crippen molar-refractivity contribution in [3.8, 4) is 0 Å². The molecule has 0 radical (unpaired) electrons. The zero-order chi connectivity index (χ0) is 19.0. The fraction of sp³-hybridized carbons (Fsp3) is 0.222. The van der Waals surface area contributed by atoms with Crippen LogP contribution in [0.25, 0.3) is 0 Å². The smallest absolute Gasteiger partial charge is 0.257 e. The van der Waals surface area contributed by atoms with Crippen LogP contribution in [0.3, 0.4) is 0 Å². The van der Waals surface area contributed by atoms with Gasteiger partial charge in [0, 0.05) is 5.02 Å². The highest BCUT2D eigenvalue weighted by Crippen LogP contribution is 2.38. The Morgan fingerprint density at radius 1 is 1.11 bits per heavy atom. The summed E-state index contributed by atoms with van der Waals surface area (Å²) in [6, 6.07) is 17.5. The lowest BCUT2D eigenvalue weighted by atomic mass is 9.93. The number of benzene rings is 2. The maximum atomic E-state index is 11.5. The number of nitrogens with one attached hydrogen (secondary N) is 2. The Hall–Kier alpha value is -2.58. The Morgan fingerprint density at radius 3 is 2.48 bits per heavy atom. The zero-order valence-electron chi connectivity index (χ0n) is 14.5. The van der Waals surface area contributed by atoms with Gasteiger partial charge in [0.2, 0.25) is 16.0 Å². The van der Waals surface area contributed by atoms with Crippen LogP contribution in [0.2, 0.25) is 5.02 Å². The minimum atomic E-state index is -3.46. The van der Waals surface area contributed by atoms with Gasteiger partial charge in [0.05, 0.1) is 18.3 Å². The molecule has 0 unspecified atom stereocenters. The van der Waals surface area contributed by atoms with Gasteiger partial charge in [-0.05, 0) is 29.7 Å². The molecule has 1 aromatic heterocycles. The molecule has 0 saturated carbocycles. The number of halogens is 1. The van der Waals surface area contributed by atoms with Crippen LogP contribution in [-0.4, -0.2) is 29.4 Å². The fourth-order valence-corrected chi connectivity index (χ4v) is 3.80. The molecular weight excluding hydrogens is 386 g/mol. The minimum Gasteiger partial charge on any atom is -0.347 e. The first kappa shape index (κ1) is 17.8. The molecule has 0 amide bonds. The Labute approximate surface area is 162 Å². The largest absolute Gasteiger partial charge is 0.347 e. The van der Waals surface area contributed by atoms with Crippen molar-refractivity contribution in [1.29, 1.82) is 0 Å². The van der Waals surface area contributed by atoms with E-state index in [1.54, 1.807) is 4.68 Å². The lowest BCUT2D eigenvalue weighted by Crippen LogP contribution is -2.28. The summed E-state index contributed by atoms with van der Waals surface area (Å²) in [7, 11) is -3.46. The second-order valence-electron chi connectivity index (χ2n) is 6.49. The van der Waals surface area contributed by atoms with E-state index >= 15 is 0 Å². The number of hydrogen-bond donors (Lipinski definition) is 2. The molecule has 0 aliphatic carbocycles. The van der Waals surface area contributed by atoms with Gasteiger partial charge >= 0.3 is 0 Å². The van der Waals surface area contributed by atoms with Crippen LogP contribution in [0.15, 0.2) is 54.6 Å². The van der Waals surface area contributed by atoms with E-state index in [2.05, 4.69) is 20.1 Å². The molecule has 1 aliphatic rings. The molecule has 3 aromatic rings.